The van der Waals surface area contributed by atoms with Gasteiger partial charge in [0, 0.05) is 43.8 Å². The average Bonchev–Trinajstić information content (AvgIpc) is 2.46. The molecule has 2 heterocycles. The molecule has 2 rings (SSSR count). The van der Waals surface area contributed by atoms with Crippen molar-refractivity contribution < 1.29 is 9.53 Å². The van der Waals surface area contributed by atoms with Crippen molar-refractivity contribution in [2.45, 2.75) is 58.2 Å². The molecule has 0 unspecified atom stereocenters. The van der Waals surface area contributed by atoms with E-state index in [2.05, 4.69) is 22.2 Å². The summed E-state index contributed by atoms with van der Waals surface area (Å²) in [5.74, 6) is 0. The predicted octanol–water partition coefficient (Wildman–Crippen LogP) is 2.53. The van der Waals surface area contributed by atoms with E-state index in [4.69, 9.17) is 4.74 Å². The van der Waals surface area contributed by atoms with Gasteiger partial charge in [-0.05, 0) is 40.5 Å². The van der Waals surface area contributed by atoms with Crippen LogP contribution in [0.3, 0.4) is 0 Å². The Balaban J connectivity index is 1.89. The fourth-order valence-corrected chi connectivity index (χ4v) is 2.58. The molecule has 0 aliphatic carbocycles. The number of rotatable bonds is 3. The summed E-state index contributed by atoms with van der Waals surface area (Å²) in [7, 11) is 0. The zero-order valence-electron chi connectivity index (χ0n) is 13.9. The van der Waals surface area contributed by atoms with E-state index >= 15 is 0 Å². The molecule has 1 fully saturated rings. The Bertz CT molecular complexity index is 487. The van der Waals surface area contributed by atoms with E-state index in [0.717, 1.165) is 25.1 Å². The monoisotopic (exact) mass is 306 g/mol. The summed E-state index contributed by atoms with van der Waals surface area (Å²) in [4.78, 5) is 22.4. The highest BCUT2D eigenvalue weighted by atomic mass is 16.6. The van der Waals surface area contributed by atoms with Crippen LogP contribution in [-0.2, 0) is 4.74 Å². The lowest BCUT2D eigenvalue weighted by molar-refractivity contribution is 0.0183. The molecule has 1 aliphatic rings. The third-order valence-electron chi connectivity index (χ3n) is 3.59. The van der Waals surface area contributed by atoms with Crippen LogP contribution >= 0.6 is 0 Å². The van der Waals surface area contributed by atoms with Gasteiger partial charge in [0.2, 0.25) is 0 Å². The zero-order chi connectivity index (χ0) is 16.2. The number of ether oxygens (including phenoxy) is 1. The second-order valence-electron chi connectivity index (χ2n) is 6.78. The van der Waals surface area contributed by atoms with E-state index in [1.807, 2.05) is 20.8 Å². The van der Waals surface area contributed by atoms with Crippen molar-refractivity contribution >= 4 is 6.09 Å². The minimum Gasteiger partial charge on any atom is -0.444 e. The fraction of sp³-hybridized carbons (Fsp3) is 0.688. The van der Waals surface area contributed by atoms with Crippen LogP contribution in [0.2, 0.25) is 0 Å². The fourth-order valence-electron chi connectivity index (χ4n) is 2.58. The van der Waals surface area contributed by atoms with Gasteiger partial charge in [0.15, 0.2) is 0 Å². The molecule has 1 N–H and O–H groups in total. The van der Waals surface area contributed by atoms with Gasteiger partial charge in [-0.25, -0.2) is 4.79 Å². The number of nitrogens with one attached hydrogen (secondary N) is 1. The molecule has 0 aromatic carbocycles. The second-order valence-corrected chi connectivity index (χ2v) is 6.78. The number of hydrogen-bond acceptors (Lipinski definition) is 5. The number of carbonyl (C=O) groups excluding carboxylic acids is 1. The molecule has 6 nitrogen and oxygen atoms in total. The van der Waals surface area contributed by atoms with Crippen molar-refractivity contribution in [2.75, 3.05) is 13.1 Å². The molecule has 22 heavy (non-hydrogen) atoms. The number of carbonyl (C=O) groups is 1. The van der Waals surface area contributed by atoms with E-state index < -0.39 is 5.60 Å². The van der Waals surface area contributed by atoms with Gasteiger partial charge in [-0.3, -0.25) is 9.97 Å². The summed E-state index contributed by atoms with van der Waals surface area (Å²) in [5, 5.41) is 3.53. The first kappa shape index (κ1) is 16.7. The molecule has 122 valence electrons. The van der Waals surface area contributed by atoms with Gasteiger partial charge in [0.05, 0.1) is 5.69 Å². The molecular formula is C16H26N4O2. The van der Waals surface area contributed by atoms with Gasteiger partial charge in [0.1, 0.15) is 5.60 Å². The van der Waals surface area contributed by atoms with Crippen molar-refractivity contribution in [1.29, 1.82) is 0 Å². The highest BCUT2D eigenvalue weighted by Crippen LogP contribution is 2.17. The topological polar surface area (TPSA) is 67.4 Å². The molecule has 0 saturated carbocycles. The number of aromatic nitrogens is 2. The molecule has 1 aliphatic heterocycles. The molecule has 2 atom stereocenters. The minimum atomic E-state index is -0.454. The van der Waals surface area contributed by atoms with Crippen LogP contribution < -0.4 is 5.32 Å². The third-order valence-corrected chi connectivity index (χ3v) is 3.59. The lowest BCUT2D eigenvalue weighted by atomic mass is 10.0. The number of piperidine rings is 1. The van der Waals surface area contributed by atoms with E-state index in [-0.39, 0.29) is 18.2 Å². The van der Waals surface area contributed by atoms with E-state index in [9.17, 15) is 4.79 Å². The summed E-state index contributed by atoms with van der Waals surface area (Å²) in [6.45, 7) is 9.16. The van der Waals surface area contributed by atoms with Gasteiger partial charge in [-0.2, -0.15) is 0 Å². The van der Waals surface area contributed by atoms with Gasteiger partial charge >= 0.3 is 6.09 Å². The first-order valence-electron chi connectivity index (χ1n) is 7.85. The van der Waals surface area contributed by atoms with Crippen molar-refractivity contribution in [2.24, 2.45) is 0 Å². The highest BCUT2D eigenvalue weighted by Gasteiger charge is 2.28. The Kier molecular flexibility index (Phi) is 5.34. The Hall–Kier alpha value is -1.69. The van der Waals surface area contributed by atoms with Crippen LogP contribution in [0.1, 0.15) is 52.3 Å². The van der Waals surface area contributed by atoms with Gasteiger partial charge < -0.3 is 15.0 Å². The van der Waals surface area contributed by atoms with Gasteiger partial charge in [-0.1, -0.05) is 0 Å². The smallest absolute Gasteiger partial charge is 0.410 e. The maximum atomic E-state index is 12.2. The van der Waals surface area contributed by atoms with E-state index in [1.54, 1.807) is 23.5 Å². The molecule has 1 aromatic rings. The van der Waals surface area contributed by atoms with Crippen LogP contribution in [0.25, 0.3) is 0 Å². The quantitative estimate of drug-likeness (QED) is 0.929. The van der Waals surface area contributed by atoms with Gasteiger partial charge in [-0.15, -0.1) is 0 Å². The van der Waals surface area contributed by atoms with Crippen LogP contribution in [0, 0.1) is 0 Å². The number of hydrogen-bond donors (Lipinski definition) is 1. The summed E-state index contributed by atoms with van der Waals surface area (Å²) < 4.78 is 5.45. The van der Waals surface area contributed by atoms with E-state index in [0.29, 0.717) is 6.54 Å². The number of nitrogens with zero attached hydrogens (tertiary/aromatic N) is 3. The summed E-state index contributed by atoms with van der Waals surface area (Å²) in [6.07, 6.45) is 6.92. The first-order chi connectivity index (χ1) is 10.3. The summed E-state index contributed by atoms with van der Waals surface area (Å²) in [6, 6.07) is 0.357. The lowest BCUT2D eigenvalue weighted by Crippen LogP contribution is -2.49. The molecule has 1 amide bonds. The summed E-state index contributed by atoms with van der Waals surface area (Å²) >= 11 is 0. The van der Waals surface area contributed by atoms with Crippen LogP contribution in [0.5, 0.6) is 0 Å². The third kappa shape index (κ3) is 4.94. The van der Waals surface area contributed by atoms with Crippen molar-refractivity contribution in [3.8, 4) is 0 Å². The average molecular weight is 306 g/mol. The normalized spacial score (nSPS) is 20.5. The Morgan fingerprint density at radius 2 is 2.23 bits per heavy atom. The van der Waals surface area contributed by atoms with Crippen molar-refractivity contribution in [3.05, 3.63) is 24.3 Å². The maximum absolute atomic E-state index is 12.2. The lowest BCUT2D eigenvalue weighted by Gasteiger charge is -2.35. The molecular weight excluding hydrogens is 280 g/mol. The number of likely N-dealkylation sites (tertiary alicyclic amines) is 1. The largest absolute Gasteiger partial charge is 0.444 e. The molecule has 1 saturated heterocycles. The minimum absolute atomic E-state index is 0.109. The molecule has 6 heteroatoms. The van der Waals surface area contributed by atoms with Gasteiger partial charge in [0.25, 0.3) is 0 Å². The van der Waals surface area contributed by atoms with Crippen molar-refractivity contribution in [3.63, 3.8) is 0 Å². The Morgan fingerprint density at radius 3 is 2.86 bits per heavy atom. The standard InChI is InChI=1S/C16H26N4O2/c1-12(14-10-17-7-8-18-14)19-13-6-5-9-20(11-13)15(21)22-16(2,3)4/h7-8,10,12-13,19H,5-6,9,11H2,1-4H3/t12-,13-/m0/s1. The zero-order valence-corrected chi connectivity index (χ0v) is 13.9. The van der Waals surface area contributed by atoms with Crippen LogP contribution in [-0.4, -0.2) is 45.7 Å². The molecule has 0 spiro atoms. The highest BCUT2D eigenvalue weighted by molar-refractivity contribution is 5.68. The Labute approximate surface area is 132 Å². The summed E-state index contributed by atoms with van der Waals surface area (Å²) in [5.41, 5.74) is 0.460. The molecule has 0 radical (unpaired) electrons. The van der Waals surface area contributed by atoms with Crippen LogP contribution in [0.4, 0.5) is 4.79 Å². The van der Waals surface area contributed by atoms with Crippen LogP contribution in [0.15, 0.2) is 18.6 Å². The molecule has 0 bridgehead atoms. The maximum Gasteiger partial charge on any atom is 0.410 e. The molecule has 1 aromatic heterocycles. The predicted molar refractivity (Wildman–Crippen MR) is 84.4 cm³/mol. The Morgan fingerprint density at radius 1 is 1.45 bits per heavy atom. The first-order valence-corrected chi connectivity index (χ1v) is 7.85. The second kappa shape index (κ2) is 7.05. The van der Waals surface area contributed by atoms with E-state index in [1.165, 1.54) is 0 Å². The SMILES string of the molecule is C[C@H](N[C@H]1CCCN(C(=O)OC(C)(C)C)C1)c1cnccn1. The van der Waals surface area contributed by atoms with Crippen molar-refractivity contribution in [1.82, 2.24) is 20.2 Å². The number of amides is 1.